The van der Waals surface area contributed by atoms with E-state index >= 15 is 0 Å². The normalized spacial score (nSPS) is 13.8. The molecule has 12 heteroatoms. The van der Waals surface area contributed by atoms with Crippen LogP contribution in [0.1, 0.15) is 30.1 Å². The summed E-state index contributed by atoms with van der Waals surface area (Å²) in [7, 11) is 0. The van der Waals surface area contributed by atoms with Crippen molar-refractivity contribution in [3.63, 3.8) is 0 Å². The molecule has 1 aromatic rings. The Hall–Kier alpha value is -2.76. The summed E-state index contributed by atoms with van der Waals surface area (Å²) in [6.45, 7) is 5.55. The molecular weight excluding hydrogens is 429 g/mol. The lowest BCUT2D eigenvalue weighted by molar-refractivity contribution is -0.192. The van der Waals surface area contributed by atoms with Crippen molar-refractivity contribution >= 4 is 17.8 Å². The molecule has 0 atom stereocenters. The Morgan fingerprint density at radius 3 is 2.16 bits per heavy atom. The summed E-state index contributed by atoms with van der Waals surface area (Å²) >= 11 is 0. The molecule has 0 unspecified atom stereocenters. The van der Waals surface area contributed by atoms with Gasteiger partial charge in [-0.3, -0.25) is 9.59 Å². The van der Waals surface area contributed by atoms with Crippen LogP contribution in [0, 0.1) is 11.6 Å². The number of piperazine rings is 1. The monoisotopic (exact) mass is 453 g/mol. The number of aliphatic carboxylic acids is 1. The number of alkyl halides is 3. The second-order valence-corrected chi connectivity index (χ2v) is 6.60. The number of rotatable bonds is 6. The molecule has 0 bridgehead atoms. The molecular formula is C19H24F5N3O4. The van der Waals surface area contributed by atoms with Gasteiger partial charge in [0.2, 0.25) is 5.91 Å². The lowest BCUT2D eigenvalue weighted by Gasteiger charge is -2.29. The molecule has 0 aliphatic carbocycles. The van der Waals surface area contributed by atoms with Gasteiger partial charge in [0.25, 0.3) is 5.91 Å². The summed E-state index contributed by atoms with van der Waals surface area (Å²) in [5, 5.41) is 10.3. The standard InChI is InChI=1S/C17H23F2N3O2.C2HF3O2/c1-2-8-22(9-5-16(23)21-10-6-20-7-11-21)17(24)13-3-4-14(18)15(19)12-13;3-2(4,5)1(6)7/h3-4,12,20H,2,5-11H2,1H3;(H,6,7). The predicted molar refractivity (Wildman–Crippen MR) is 100 cm³/mol. The van der Waals surface area contributed by atoms with Crippen LogP contribution < -0.4 is 5.32 Å². The highest BCUT2D eigenvalue weighted by Gasteiger charge is 2.38. The highest BCUT2D eigenvalue weighted by atomic mass is 19.4. The Morgan fingerprint density at radius 2 is 1.68 bits per heavy atom. The van der Waals surface area contributed by atoms with E-state index in [1.54, 1.807) is 4.90 Å². The summed E-state index contributed by atoms with van der Waals surface area (Å²) in [5.74, 6) is -5.16. The number of carboxylic acid groups (broad SMARTS) is 1. The molecule has 1 saturated heterocycles. The average Bonchev–Trinajstić information content (AvgIpc) is 2.72. The van der Waals surface area contributed by atoms with Gasteiger partial charge in [0.15, 0.2) is 11.6 Å². The third kappa shape index (κ3) is 8.87. The van der Waals surface area contributed by atoms with Crippen LogP contribution in [0.3, 0.4) is 0 Å². The second kappa shape index (κ2) is 12.2. The minimum Gasteiger partial charge on any atom is -0.475 e. The Kier molecular flexibility index (Phi) is 10.3. The zero-order valence-electron chi connectivity index (χ0n) is 16.8. The van der Waals surface area contributed by atoms with Crippen LogP contribution >= 0.6 is 0 Å². The number of benzene rings is 1. The van der Waals surface area contributed by atoms with Crippen molar-refractivity contribution in [1.82, 2.24) is 15.1 Å². The fourth-order valence-electron chi connectivity index (χ4n) is 2.70. The van der Waals surface area contributed by atoms with Crippen molar-refractivity contribution in [3.8, 4) is 0 Å². The van der Waals surface area contributed by atoms with Gasteiger partial charge in [-0.05, 0) is 24.6 Å². The highest BCUT2D eigenvalue weighted by molar-refractivity contribution is 5.94. The molecule has 2 N–H and O–H groups in total. The van der Waals surface area contributed by atoms with E-state index in [1.807, 2.05) is 6.92 Å². The van der Waals surface area contributed by atoms with Gasteiger partial charge in [-0.25, -0.2) is 13.6 Å². The van der Waals surface area contributed by atoms with E-state index in [4.69, 9.17) is 9.90 Å². The molecule has 1 heterocycles. The van der Waals surface area contributed by atoms with Gasteiger partial charge in [0.05, 0.1) is 0 Å². The van der Waals surface area contributed by atoms with Crippen molar-refractivity contribution in [1.29, 1.82) is 0 Å². The molecule has 0 aromatic heterocycles. The van der Waals surface area contributed by atoms with Crippen molar-refractivity contribution in [2.24, 2.45) is 0 Å². The number of carbonyl (C=O) groups excluding carboxylic acids is 2. The first-order valence-electron chi connectivity index (χ1n) is 9.50. The zero-order chi connectivity index (χ0) is 23.6. The number of nitrogens with one attached hydrogen (secondary N) is 1. The smallest absolute Gasteiger partial charge is 0.475 e. The predicted octanol–water partition coefficient (Wildman–Crippen LogP) is 2.27. The van der Waals surface area contributed by atoms with Gasteiger partial charge in [0, 0.05) is 51.3 Å². The van der Waals surface area contributed by atoms with Crippen LogP contribution in [0.5, 0.6) is 0 Å². The molecule has 31 heavy (non-hydrogen) atoms. The summed E-state index contributed by atoms with van der Waals surface area (Å²) in [6, 6.07) is 3.11. The Balaban J connectivity index is 0.000000592. The maximum absolute atomic E-state index is 13.3. The second-order valence-electron chi connectivity index (χ2n) is 6.60. The van der Waals surface area contributed by atoms with Crippen LogP contribution in [-0.4, -0.2) is 78.1 Å². The first-order chi connectivity index (χ1) is 14.5. The fraction of sp³-hybridized carbons (Fsp3) is 0.526. The van der Waals surface area contributed by atoms with Gasteiger partial charge in [-0.2, -0.15) is 13.2 Å². The van der Waals surface area contributed by atoms with Crippen LogP contribution in [-0.2, 0) is 9.59 Å². The lowest BCUT2D eigenvalue weighted by atomic mass is 10.1. The summed E-state index contributed by atoms with van der Waals surface area (Å²) < 4.78 is 58.1. The van der Waals surface area contributed by atoms with Gasteiger partial charge in [-0.1, -0.05) is 6.92 Å². The van der Waals surface area contributed by atoms with Crippen molar-refractivity contribution in [3.05, 3.63) is 35.4 Å². The third-order valence-electron chi connectivity index (χ3n) is 4.26. The average molecular weight is 453 g/mol. The molecule has 1 aliphatic rings. The Bertz CT molecular complexity index is 767. The third-order valence-corrected chi connectivity index (χ3v) is 4.26. The van der Waals surface area contributed by atoms with Crippen molar-refractivity contribution in [2.45, 2.75) is 25.9 Å². The number of nitrogens with zero attached hydrogens (tertiary/aromatic N) is 2. The number of hydrogen-bond donors (Lipinski definition) is 2. The van der Waals surface area contributed by atoms with E-state index in [0.717, 1.165) is 31.6 Å². The van der Waals surface area contributed by atoms with E-state index in [-0.39, 0.29) is 30.3 Å². The van der Waals surface area contributed by atoms with Crippen LogP contribution in [0.25, 0.3) is 0 Å². The maximum Gasteiger partial charge on any atom is 0.490 e. The molecule has 2 rings (SSSR count). The minimum absolute atomic E-state index is 0.00990. The van der Waals surface area contributed by atoms with E-state index < -0.39 is 23.8 Å². The quantitative estimate of drug-likeness (QED) is 0.646. The highest BCUT2D eigenvalue weighted by Crippen LogP contribution is 2.13. The van der Waals surface area contributed by atoms with Gasteiger partial charge < -0.3 is 20.2 Å². The number of carboxylic acids is 1. The summed E-state index contributed by atoms with van der Waals surface area (Å²) in [6.07, 6.45) is -4.13. The largest absolute Gasteiger partial charge is 0.490 e. The summed E-state index contributed by atoms with van der Waals surface area (Å²) in [4.78, 5) is 36.9. The van der Waals surface area contributed by atoms with E-state index in [0.29, 0.717) is 19.6 Å². The van der Waals surface area contributed by atoms with Gasteiger partial charge in [-0.15, -0.1) is 0 Å². The number of halogens is 5. The van der Waals surface area contributed by atoms with Crippen molar-refractivity contribution in [2.75, 3.05) is 39.3 Å². The zero-order valence-corrected chi connectivity index (χ0v) is 16.8. The fourth-order valence-corrected chi connectivity index (χ4v) is 2.70. The van der Waals surface area contributed by atoms with Crippen LogP contribution in [0.4, 0.5) is 22.0 Å². The summed E-state index contributed by atoms with van der Waals surface area (Å²) in [5.41, 5.74) is 0.0944. The molecule has 0 radical (unpaired) electrons. The molecule has 1 fully saturated rings. The SMILES string of the molecule is CCCN(CCC(=O)N1CCNCC1)C(=O)c1ccc(F)c(F)c1.O=C(O)C(F)(F)F. The van der Waals surface area contributed by atoms with E-state index in [9.17, 15) is 31.5 Å². The number of amides is 2. The number of hydrogen-bond acceptors (Lipinski definition) is 4. The van der Waals surface area contributed by atoms with Crippen LogP contribution in [0.15, 0.2) is 18.2 Å². The lowest BCUT2D eigenvalue weighted by Crippen LogP contribution is -2.47. The molecule has 7 nitrogen and oxygen atoms in total. The molecule has 1 aromatic carbocycles. The van der Waals surface area contributed by atoms with E-state index in [1.165, 1.54) is 11.0 Å². The molecule has 174 valence electrons. The van der Waals surface area contributed by atoms with Gasteiger partial charge >= 0.3 is 12.1 Å². The first kappa shape index (κ1) is 26.3. The van der Waals surface area contributed by atoms with E-state index in [2.05, 4.69) is 5.32 Å². The molecule has 1 aliphatic heterocycles. The molecule has 0 spiro atoms. The Morgan fingerprint density at radius 1 is 1.10 bits per heavy atom. The van der Waals surface area contributed by atoms with Crippen LogP contribution in [0.2, 0.25) is 0 Å². The first-order valence-corrected chi connectivity index (χ1v) is 9.50. The van der Waals surface area contributed by atoms with Crippen molar-refractivity contribution < 1.29 is 41.4 Å². The van der Waals surface area contributed by atoms with Gasteiger partial charge in [0.1, 0.15) is 0 Å². The Labute approximate surface area is 175 Å². The maximum atomic E-state index is 13.3. The number of carbonyl (C=O) groups is 3. The molecule has 0 saturated carbocycles. The minimum atomic E-state index is -5.08. The molecule has 2 amide bonds. The topological polar surface area (TPSA) is 90.0 Å².